The van der Waals surface area contributed by atoms with E-state index >= 15 is 0 Å². The number of rotatable bonds is 4. The van der Waals surface area contributed by atoms with Gasteiger partial charge in [0.15, 0.2) is 5.82 Å². The van der Waals surface area contributed by atoms with Gasteiger partial charge < -0.3 is 19.5 Å². The predicted octanol–water partition coefficient (Wildman–Crippen LogP) is 1.30. The lowest BCUT2D eigenvalue weighted by atomic mass is 9.91. The molecule has 2 heterocycles. The van der Waals surface area contributed by atoms with Crippen molar-refractivity contribution >= 4 is 5.82 Å². The largest absolute Gasteiger partial charge is 0.381 e. The number of nitrogens with one attached hydrogen (secondary N) is 1. The lowest BCUT2D eigenvalue weighted by Crippen LogP contribution is -2.51. The monoisotopic (exact) mass is 320 g/mol. The summed E-state index contributed by atoms with van der Waals surface area (Å²) in [5.41, 5.74) is -0.00578. The first-order chi connectivity index (χ1) is 11.2. The second-order valence-electron chi connectivity index (χ2n) is 6.83. The Morgan fingerprint density at radius 3 is 2.74 bits per heavy atom. The Balaban J connectivity index is 1.58. The summed E-state index contributed by atoms with van der Waals surface area (Å²) in [6.07, 6.45) is 10.8. The molecule has 2 fully saturated rings. The number of methoxy groups -OCH3 is 1. The number of aromatic nitrogens is 2. The molecule has 3 rings (SSSR count). The summed E-state index contributed by atoms with van der Waals surface area (Å²) in [5.74, 6) is 0.588. The van der Waals surface area contributed by atoms with E-state index in [-0.39, 0.29) is 5.56 Å². The fraction of sp³-hybridized carbons (Fsp3) is 0.765. The van der Waals surface area contributed by atoms with Gasteiger partial charge in [0.25, 0.3) is 5.56 Å². The van der Waals surface area contributed by atoms with Crippen LogP contribution in [0.1, 0.15) is 38.5 Å². The molecule has 23 heavy (non-hydrogen) atoms. The smallest absolute Gasteiger partial charge is 0.293 e. The molecule has 6 heteroatoms. The number of anilines is 1. The van der Waals surface area contributed by atoms with E-state index in [1.54, 1.807) is 24.0 Å². The molecular weight excluding hydrogens is 292 g/mol. The molecule has 1 aliphatic carbocycles. The molecule has 2 aliphatic rings. The average Bonchev–Trinajstić information content (AvgIpc) is 2.58. The van der Waals surface area contributed by atoms with Gasteiger partial charge in [-0.3, -0.25) is 4.79 Å². The minimum Gasteiger partial charge on any atom is -0.381 e. The number of hydrogen-bond donors (Lipinski definition) is 1. The van der Waals surface area contributed by atoms with Crippen molar-refractivity contribution in [2.45, 2.75) is 56.7 Å². The van der Waals surface area contributed by atoms with Gasteiger partial charge in [-0.1, -0.05) is 0 Å². The van der Waals surface area contributed by atoms with E-state index in [4.69, 9.17) is 4.74 Å². The lowest BCUT2D eigenvalue weighted by Gasteiger charge is -2.37. The Morgan fingerprint density at radius 1 is 1.22 bits per heavy atom. The number of aryl methyl sites for hydroxylation is 1. The Bertz CT molecular complexity index is 566. The second kappa shape index (κ2) is 7.45. The second-order valence-corrected chi connectivity index (χ2v) is 6.83. The van der Waals surface area contributed by atoms with Crippen molar-refractivity contribution in [3.63, 3.8) is 0 Å². The molecule has 0 aromatic carbocycles. The highest BCUT2D eigenvalue weighted by molar-refractivity contribution is 5.36. The fourth-order valence-electron chi connectivity index (χ4n) is 3.81. The van der Waals surface area contributed by atoms with Crippen molar-refractivity contribution in [2.75, 3.05) is 25.1 Å². The highest BCUT2D eigenvalue weighted by atomic mass is 16.5. The summed E-state index contributed by atoms with van der Waals surface area (Å²) >= 11 is 0. The molecule has 0 radical (unpaired) electrons. The average molecular weight is 320 g/mol. The van der Waals surface area contributed by atoms with Crippen LogP contribution in [0.2, 0.25) is 0 Å². The Morgan fingerprint density at radius 2 is 2.00 bits per heavy atom. The van der Waals surface area contributed by atoms with Crippen LogP contribution in [0.3, 0.4) is 0 Å². The highest BCUT2D eigenvalue weighted by Crippen LogP contribution is 2.22. The molecule has 0 spiro atoms. The zero-order valence-electron chi connectivity index (χ0n) is 14.2. The highest BCUT2D eigenvalue weighted by Gasteiger charge is 2.27. The first-order valence-corrected chi connectivity index (χ1v) is 8.73. The maximum atomic E-state index is 12.3. The van der Waals surface area contributed by atoms with Crippen molar-refractivity contribution in [1.29, 1.82) is 0 Å². The summed E-state index contributed by atoms with van der Waals surface area (Å²) in [4.78, 5) is 18.7. The zero-order chi connectivity index (χ0) is 16.2. The normalized spacial score (nSPS) is 28.8. The lowest BCUT2D eigenvalue weighted by molar-refractivity contribution is 0.0608. The molecule has 1 unspecified atom stereocenters. The van der Waals surface area contributed by atoms with Crippen molar-refractivity contribution < 1.29 is 4.74 Å². The molecule has 0 amide bonds. The standard InChI is InChI=1S/C17H28N4O2/c1-20-11-9-18-16(17(20)22)21-10-3-4-14(12-21)19-13-5-7-15(23-2)8-6-13/h9,11,13-15,19H,3-8,10,12H2,1-2H3. The molecule has 1 atom stereocenters. The third-order valence-corrected chi connectivity index (χ3v) is 5.20. The third kappa shape index (κ3) is 3.93. The first kappa shape index (κ1) is 16.5. The van der Waals surface area contributed by atoms with Gasteiger partial charge >= 0.3 is 0 Å². The van der Waals surface area contributed by atoms with Crippen molar-refractivity contribution in [3.05, 3.63) is 22.7 Å². The van der Waals surface area contributed by atoms with Crippen LogP contribution >= 0.6 is 0 Å². The van der Waals surface area contributed by atoms with Crippen LogP contribution in [0.4, 0.5) is 5.82 Å². The zero-order valence-corrected chi connectivity index (χ0v) is 14.2. The first-order valence-electron chi connectivity index (χ1n) is 8.73. The van der Waals surface area contributed by atoms with Crippen LogP contribution in [0.15, 0.2) is 17.2 Å². The van der Waals surface area contributed by atoms with E-state index in [9.17, 15) is 4.79 Å². The number of piperidine rings is 1. The van der Waals surface area contributed by atoms with Crippen LogP contribution in [-0.2, 0) is 11.8 Å². The molecule has 1 aromatic rings. The van der Waals surface area contributed by atoms with Gasteiger partial charge in [-0.2, -0.15) is 0 Å². The maximum absolute atomic E-state index is 12.3. The summed E-state index contributed by atoms with van der Waals surface area (Å²) in [7, 11) is 3.59. The summed E-state index contributed by atoms with van der Waals surface area (Å²) in [6.45, 7) is 1.79. The Hall–Kier alpha value is -1.40. The molecule has 1 saturated carbocycles. The van der Waals surface area contributed by atoms with Gasteiger partial charge in [-0.05, 0) is 38.5 Å². The topological polar surface area (TPSA) is 59.4 Å². The van der Waals surface area contributed by atoms with Crippen LogP contribution < -0.4 is 15.8 Å². The summed E-state index contributed by atoms with van der Waals surface area (Å²) in [6, 6.07) is 1.03. The molecule has 6 nitrogen and oxygen atoms in total. The number of hydrogen-bond acceptors (Lipinski definition) is 5. The van der Waals surface area contributed by atoms with Gasteiger partial charge in [0.2, 0.25) is 0 Å². The molecule has 1 aliphatic heterocycles. The van der Waals surface area contributed by atoms with E-state index < -0.39 is 0 Å². The van der Waals surface area contributed by atoms with Crippen molar-refractivity contribution in [2.24, 2.45) is 7.05 Å². The van der Waals surface area contributed by atoms with Crippen LogP contribution in [0.5, 0.6) is 0 Å². The summed E-state index contributed by atoms with van der Waals surface area (Å²) in [5, 5.41) is 3.80. The predicted molar refractivity (Wildman–Crippen MR) is 90.9 cm³/mol. The van der Waals surface area contributed by atoms with E-state index in [0.717, 1.165) is 32.4 Å². The quantitative estimate of drug-likeness (QED) is 0.906. The molecule has 1 N–H and O–H groups in total. The molecule has 0 bridgehead atoms. The number of nitrogens with zero attached hydrogens (tertiary/aromatic N) is 3. The fourth-order valence-corrected chi connectivity index (χ4v) is 3.81. The minimum absolute atomic E-state index is 0.00578. The van der Waals surface area contributed by atoms with Gasteiger partial charge in [-0.25, -0.2) is 4.98 Å². The SMILES string of the molecule is COC1CCC(NC2CCCN(c3nccn(C)c3=O)C2)CC1. The van der Waals surface area contributed by atoms with Gasteiger partial charge in [0, 0.05) is 51.7 Å². The van der Waals surface area contributed by atoms with Gasteiger partial charge in [0.05, 0.1) is 6.10 Å². The third-order valence-electron chi connectivity index (χ3n) is 5.20. The van der Waals surface area contributed by atoms with E-state index in [2.05, 4.69) is 15.2 Å². The molecule has 128 valence electrons. The van der Waals surface area contributed by atoms with E-state index in [1.807, 2.05) is 7.11 Å². The Kier molecular flexibility index (Phi) is 5.33. The van der Waals surface area contributed by atoms with Crippen LogP contribution in [0, 0.1) is 0 Å². The van der Waals surface area contributed by atoms with Crippen LogP contribution in [0.25, 0.3) is 0 Å². The van der Waals surface area contributed by atoms with Crippen LogP contribution in [-0.4, -0.2) is 47.9 Å². The molecular formula is C17H28N4O2. The van der Waals surface area contributed by atoms with E-state index in [1.165, 1.54) is 19.3 Å². The summed E-state index contributed by atoms with van der Waals surface area (Å²) < 4.78 is 7.05. The molecule has 1 aromatic heterocycles. The van der Waals surface area contributed by atoms with Gasteiger partial charge in [-0.15, -0.1) is 0 Å². The number of ether oxygens (including phenoxy) is 1. The van der Waals surface area contributed by atoms with Crippen molar-refractivity contribution in [1.82, 2.24) is 14.9 Å². The minimum atomic E-state index is -0.00578. The van der Waals surface area contributed by atoms with E-state index in [0.29, 0.717) is 24.0 Å². The maximum Gasteiger partial charge on any atom is 0.293 e. The van der Waals surface area contributed by atoms with Crippen molar-refractivity contribution in [3.8, 4) is 0 Å². The molecule has 1 saturated heterocycles. The Labute approximate surface area is 137 Å². The van der Waals surface area contributed by atoms with Gasteiger partial charge in [0.1, 0.15) is 0 Å².